The SMILES string of the molecule is COc1cccc(C(C)(N)c2ccc(F)cc2F)c1. The second kappa shape index (κ2) is 4.97. The molecule has 0 radical (unpaired) electrons. The summed E-state index contributed by atoms with van der Waals surface area (Å²) >= 11 is 0. The lowest BCUT2D eigenvalue weighted by atomic mass is 9.85. The van der Waals surface area contributed by atoms with Gasteiger partial charge in [0.15, 0.2) is 0 Å². The molecule has 0 saturated carbocycles. The minimum Gasteiger partial charge on any atom is -0.497 e. The summed E-state index contributed by atoms with van der Waals surface area (Å²) in [4.78, 5) is 0. The van der Waals surface area contributed by atoms with Crippen molar-refractivity contribution in [3.8, 4) is 5.75 Å². The average Bonchev–Trinajstić information content (AvgIpc) is 2.38. The number of nitrogens with two attached hydrogens (primary N) is 1. The van der Waals surface area contributed by atoms with Crippen LogP contribution in [0.4, 0.5) is 8.78 Å². The first kappa shape index (κ1) is 13.5. The Kier molecular flexibility index (Phi) is 3.53. The standard InChI is InChI=1S/C15H15F2NO/c1-15(18,10-4-3-5-12(8-10)19-2)13-7-6-11(16)9-14(13)17/h3-9H,18H2,1-2H3. The number of benzene rings is 2. The zero-order chi connectivity index (χ0) is 14.0. The van der Waals surface area contributed by atoms with Crippen molar-refractivity contribution in [2.24, 2.45) is 5.73 Å². The molecule has 2 rings (SSSR count). The summed E-state index contributed by atoms with van der Waals surface area (Å²) in [6.45, 7) is 1.68. The van der Waals surface area contributed by atoms with Crippen LogP contribution in [0, 0.1) is 11.6 Å². The van der Waals surface area contributed by atoms with E-state index in [1.54, 1.807) is 38.3 Å². The molecule has 2 nitrogen and oxygen atoms in total. The lowest BCUT2D eigenvalue weighted by Crippen LogP contribution is -2.35. The van der Waals surface area contributed by atoms with E-state index in [1.165, 1.54) is 12.1 Å². The summed E-state index contributed by atoms with van der Waals surface area (Å²) in [5, 5.41) is 0. The van der Waals surface area contributed by atoms with Gasteiger partial charge in [0.1, 0.15) is 17.4 Å². The molecule has 1 unspecified atom stereocenters. The van der Waals surface area contributed by atoms with Gasteiger partial charge in [-0.25, -0.2) is 8.78 Å². The summed E-state index contributed by atoms with van der Waals surface area (Å²) < 4.78 is 31.9. The van der Waals surface area contributed by atoms with E-state index in [4.69, 9.17) is 10.5 Å². The maximum Gasteiger partial charge on any atom is 0.131 e. The van der Waals surface area contributed by atoms with Crippen LogP contribution in [0.2, 0.25) is 0 Å². The Labute approximate surface area is 110 Å². The molecule has 100 valence electrons. The van der Waals surface area contributed by atoms with Crippen LogP contribution in [0.25, 0.3) is 0 Å². The van der Waals surface area contributed by atoms with Gasteiger partial charge in [-0.05, 0) is 30.7 Å². The number of hydrogen-bond acceptors (Lipinski definition) is 2. The quantitative estimate of drug-likeness (QED) is 0.923. The molecule has 0 fully saturated rings. The predicted octanol–water partition coefficient (Wildman–Crippen LogP) is 3.20. The van der Waals surface area contributed by atoms with E-state index in [2.05, 4.69) is 0 Å². The topological polar surface area (TPSA) is 35.2 Å². The van der Waals surface area contributed by atoms with E-state index < -0.39 is 17.2 Å². The van der Waals surface area contributed by atoms with Gasteiger partial charge in [-0.1, -0.05) is 18.2 Å². The minimum absolute atomic E-state index is 0.238. The second-order valence-corrected chi connectivity index (χ2v) is 4.56. The van der Waals surface area contributed by atoms with Gasteiger partial charge in [-0.15, -0.1) is 0 Å². The molecule has 0 aliphatic carbocycles. The Bertz CT molecular complexity index is 596. The van der Waals surface area contributed by atoms with Crippen molar-refractivity contribution in [3.05, 3.63) is 65.2 Å². The lowest BCUT2D eigenvalue weighted by molar-refractivity contribution is 0.412. The Hall–Kier alpha value is -1.94. The van der Waals surface area contributed by atoms with Crippen molar-refractivity contribution in [2.75, 3.05) is 7.11 Å². The molecule has 19 heavy (non-hydrogen) atoms. The molecular formula is C15H15F2NO. The van der Waals surface area contributed by atoms with Crippen LogP contribution in [0.5, 0.6) is 5.75 Å². The van der Waals surface area contributed by atoms with Gasteiger partial charge < -0.3 is 10.5 Å². The zero-order valence-electron chi connectivity index (χ0n) is 10.8. The highest BCUT2D eigenvalue weighted by Crippen LogP contribution is 2.30. The van der Waals surface area contributed by atoms with Crippen molar-refractivity contribution < 1.29 is 13.5 Å². The third kappa shape index (κ3) is 2.58. The van der Waals surface area contributed by atoms with Crippen molar-refractivity contribution in [2.45, 2.75) is 12.5 Å². The normalized spacial score (nSPS) is 13.9. The molecule has 1 atom stereocenters. The van der Waals surface area contributed by atoms with Crippen LogP contribution in [0.15, 0.2) is 42.5 Å². The Morgan fingerprint density at radius 3 is 2.47 bits per heavy atom. The summed E-state index contributed by atoms with van der Waals surface area (Å²) in [7, 11) is 1.55. The van der Waals surface area contributed by atoms with E-state index in [0.717, 1.165) is 6.07 Å². The van der Waals surface area contributed by atoms with E-state index in [0.29, 0.717) is 11.3 Å². The number of ether oxygens (including phenoxy) is 1. The Balaban J connectivity index is 2.51. The van der Waals surface area contributed by atoms with E-state index in [-0.39, 0.29) is 5.56 Å². The van der Waals surface area contributed by atoms with E-state index in [9.17, 15) is 8.78 Å². The highest BCUT2D eigenvalue weighted by atomic mass is 19.1. The molecule has 4 heteroatoms. The lowest BCUT2D eigenvalue weighted by Gasteiger charge is -2.26. The third-order valence-electron chi connectivity index (χ3n) is 3.16. The van der Waals surface area contributed by atoms with Crippen molar-refractivity contribution in [1.82, 2.24) is 0 Å². The van der Waals surface area contributed by atoms with Crippen molar-refractivity contribution in [1.29, 1.82) is 0 Å². The Morgan fingerprint density at radius 1 is 1.11 bits per heavy atom. The maximum absolute atomic E-state index is 13.9. The van der Waals surface area contributed by atoms with Gasteiger partial charge in [-0.3, -0.25) is 0 Å². The monoisotopic (exact) mass is 263 g/mol. The summed E-state index contributed by atoms with van der Waals surface area (Å²) in [5.74, 6) is -0.646. The summed E-state index contributed by atoms with van der Waals surface area (Å²) in [6, 6.07) is 10.5. The van der Waals surface area contributed by atoms with Gasteiger partial charge >= 0.3 is 0 Å². The van der Waals surface area contributed by atoms with Gasteiger partial charge in [0.2, 0.25) is 0 Å². The Morgan fingerprint density at radius 2 is 1.84 bits per heavy atom. The fourth-order valence-electron chi connectivity index (χ4n) is 2.01. The zero-order valence-corrected chi connectivity index (χ0v) is 10.8. The second-order valence-electron chi connectivity index (χ2n) is 4.56. The van der Waals surface area contributed by atoms with Gasteiger partial charge in [0.25, 0.3) is 0 Å². The molecule has 0 aromatic heterocycles. The first-order chi connectivity index (χ1) is 8.95. The van der Waals surface area contributed by atoms with Crippen molar-refractivity contribution in [3.63, 3.8) is 0 Å². The molecule has 2 N–H and O–H groups in total. The van der Waals surface area contributed by atoms with Gasteiger partial charge in [0, 0.05) is 11.6 Å². The molecule has 0 bridgehead atoms. The summed E-state index contributed by atoms with van der Waals surface area (Å²) in [5.41, 5.74) is 6.08. The third-order valence-corrected chi connectivity index (χ3v) is 3.16. The molecule has 0 aliphatic heterocycles. The van der Waals surface area contributed by atoms with Crippen LogP contribution >= 0.6 is 0 Å². The van der Waals surface area contributed by atoms with Gasteiger partial charge in [0.05, 0.1) is 12.6 Å². The molecule has 0 spiro atoms. The highest BCUT2D eigenvalue weighted by Gasteiger charge is 2.27. The van der Waals surface area contributed by atoms with E-state index in [1.807, 2.05) is 0 Å². The van der Waals surface area contributed by atoms with E-state index >= 15 is 0 Å². The molecule has 0 amide bonds. The van der Waals surface area contributed by atoms with Crippen LogP contribution in [-0.2, 0) is 5.54 Å². The van der Waals surface area contributed by atoms with Crippen LogP contribution in [0.1, 0.15) is 18.1 Å². The molecule has 0 aliphatic rings. The number of rotatable bonds is 3. The molecular weight excluding hydrogens is 248 g/mol. The number of hydrogen-bond donors (Lipinski definition) is 1. The van der Waals surface area contributed by atoms with Gasteiger partial charge in [-0.2, -0.15) is 0 Å². The van der Waals surface area contributed by atoms with Crippen LogP contribution < -0.4 is 10.5 Å². The maximum atomic E-state index is 13.9. The minimum atomic E-state index is -1.06. The average molecular weight is 263 g/mol. The number of methoxy groups -OCH3 is 1. The fraction of sp³-hybridized carbons (Fsp3) is 0.200. The first-order valence-corrected chi connectivity index (χ1v) is 5.84. The fourth-order valence-corrected chi connectivity index (χ4v) is 2.01. The number of halogens is 2. The molecule has 0 heterocycles. The highest BCUT2D eigenvalue weighted by molar-refractivity contribution is 5.41. The largest absolute Gasteiger partial charge is 0.497 e. The van der Waals surface area contributed by atoms with Crippen LogP contribution in [-0.4, -0.2) is 7.11 Å². The summed E-state index contributed by atoms with van der Waals surface area (Å²) in [6.07, 6.45) is 0. The first-order valence-electron chi connectivity index (χ1n) is 5.84. The molecule has 2 aromatic carbocycles. The van der Waals surface area contributed by atoms with Crippen LogP contribution in [0.3, 0.4) is 0 Å². The molecule has 0 saturated heterocycles. The predicted molar refractivity (Wildman–Crippen MR) is 70.0 cm³/mol. The smallest absolute Gasteiger partial charge is 0.131 e. The van der Waals surface area contributed by atoms with Crippen molar-refractivity contribution >= 4 is 0 Å². The molecule has 2 aromatic rings.